The van der Waals surface area contributed by atoms with Crippen LogP contribution in [-0.4, -0.2) is 9.91 Å². The average Bonchev–Trinajstić information content (AvgIpc) is 2.54. The molecule has 0 saturated carbocycles. The number of hydrogen-bond acceptors (Lipinski definition) is 4. The number of benzene rings is 2. The van der Waals surface area contributed by atoms with E-state index in [0.29, 0.717) is 26.9 Å². The molecule has 3 aromatic rings. The molecular weight excluding hydrogens is 351 g/mol. The van der Waals surface area contributed by atoms with Crippen molar-refractivity contribution in [3.63, 3.8) is 0 Å². The van der Waals surface area contributed by atoms with Crippen LogP contribution in [0.15, 0.2) is 42.5 Å². The van der Waals surface area contributed by atoms with Crippen LogP contribution in [0.1, 0.15) is 11.3 Å². The van der Waals surface area contributed by atoms with Gasteiger partial charge in [0.15, 0.2) is 5.75 Å². The first-order valence-electron chi connectivity index (χ1n) is 7.07. The highest BCUT2D eigenvalue weighted by Gasteiger charge is 2.14. The normalized spacial score (nSPS) is 10.8. The number of fused-ring (bicyclic) bond motifs is 1. The smallest absolute Gasteiger partial charge is 0.269 e. The number of nitro benzene ring substituents is 1. The Morgan fingerprint density at radius 3 is 2.71 bits per heavy atom. The summed E-state index contributed by atoms with van der Waals surface area (Å²) in [5, 5.41) is 12.4. The lowest BCUT2D eigenvalue weighted by Crippen LogP contribution is -1.99. The maximum absolute atomic E-state index is 10.9. The third kappa shape index (κ3) is 3.27. The second-order valence-corrected chi connectivity index (χ2v) is 6.05. The molecule has 1 heterocycles. The van der Waals surface area contributed by atoms with E-state index in [-0.39, 0.29) is 12.3 Å². The van der Waals surface area contributed by atoms with Gasteiger partial charge in [0.2, 0.25) is 0 Å². The molecule has 0 aliphatic carbocycles. The number of pyridine rings is 1. The van der Waals surface area contributed by atoms with Crippen molar-refractivity contribution >= 4 is 39.8 Å². The van der Waals surface area contributed by atoms with Crippen molar-refractivity contribution in [1.29, 1.82) is 0 Å². The predicted octanol–water partition coefficient (Wildman–Crippen LogP) is 5.34. The number of non-ortho nitro benzene ring substituents is 1. The second-order valence-electron chi connectivity index (χ2n) is 5.23. The lowest BCUT2D eigenvalue weighted by molar-refractivity contribution is -0.384. The molecule has 122 valence electrons. The largest absolute Gasteiger partial charge is 0.485 e. The van der Waals surface area contributed by atoms with Crippen LogP contribution in [0.4, 0.5) is 5.69 Å². The molecular formula is C17H12Cl2N2O3. The van der Waals surface area contributed by atoms with Crippen LogP contribution in [0.25, 0.3) is 10.9 Å². The first-order valence-corrected chi connectivity index (χ1v) is 7.83. The minimum Gasteiger partial charge on any atom is -0.485 e. The van der Waals surface area contributed by atoms with E-state index in [1.54, 1.807) is 18.2 Å². The zero-order valence-electron chi connectivity index (χ0n) is 12.6. The number of rotatable bonds is 4. The standard InChI is InChI=1S/C17H12Cl2N2O3/c1-10-5-6-13-14(18)8-15(19)17(16(13)20-10)24-9-11-3-2-4-12(7-11)21(22)23/h2-8H,9H2,1H3. The third-order valence-corrected chi connectivity index (χ3v) is 4.08. The summed E-state index contributed by atoms with van der Waals surface area (Å²) < 4.78 is 5.81. The van der Waals surface area contributed by atoms with Crippen molar-refractivity contribution in [2.75, 3.05) is 0 Å². The SMILES string of the molecule is Cc1ccc2c(Cl)cc(Cl)c(OCc3cccc([N+](=O)[O-])c3)c2n1. The highest BCUT2D eigenvalue weighted by Crippen LogP contribution is 2.37. The number of aromatic nitrogens is 1. The second kappa shape index (κ2) is 6.63. The lowest BCUT2D eigenvalue weighted by Gasteiger charge is -2.12. The molecule has 1 aromatic heterocycles. The summed E-state index contributed by atoms with van der Waals surface area (Å²) in [6.07, 6.45) is 0. The van der Waals surface area contributed by atoms with Crippen LogP contribution in [0.2, 0.25) is 10.0 Å². The number of ether oxygens (including phenoxy) is 1. The topological polar surface area (TPSA) is 65.3 Å². The molecule has 3 rings (SSSR count). The van der Waals surface area contributed by atoms with Gasteiger partial charge in [0.25, 0.3) is 5.69 Å². The summed E-state index contributed by atoms with van der Waals surface area (Å²) >= 11 is 12.5. The predicted molar refractivity (Wildman–Crippen MR) is 93.9 cm³/mol. The summed E-state index contributed by atoms with van der Waals surface area (Å²) in [7, 11) is 0. The zero-order chi connectivity index (χ0) is 17.3. The van der Waals surface area contributed by atoms with Crippen LogP contribution in [0.5, 0.6) is 5.75 Å². The molecule has 24 heavy (non-hydrogen) atoms. The van der Waals surface area contributed by atoms with E-state index in [2.05, 4.69) is 4.98 Å². The van der Waals surface area contributed by atoms with Gasteiger partial charge in [-0.3, -0.25) is 10.1 Å². The summed E-state index contributed by atoms with van der Waals surface area (Å²) in [4.78, 5) is 14.9. The van der Waals surface area contributed by atoms with Gasteiger partial charge in [0.05, 0.1) is 15.0 Å². The molecule has 0 aliphatic heterocycles. The Morgan fingerprint density at radius 2 is 1.96 bits per heavy atom. The van der Waals surface area contributed by atoms with Gasteiger partial charge in [-0.05, 0) is 30.7 Å². The Balaban J connectivity index is 1.97. The quantitative estimate of drug-likeness (QED) is 0.464. The van der Waals surface area contributed by atoms with Gasteiger partial charge >= 0.3 is 0 Å². The van der Waals surface area contributed by atoms with E-state index in [1.807, 2.05) is 19.1 Å². The highest BCUT2D eigenvalue weighted by atomic mass is 35.5. The van der Waals surface area contributed by atoms with E-state index in [4.69, 9.17) is 27.9 Å². The minimum absolute atomic E-state index is 0.0112. The number of nitro groups is 1. The minimum atomic E-state index is -0.445. The van der Waals surface area contributed by atoms with Crippen LogP contribution in [0.3, 0.4) is 0 Å². The average molecular weight is 363 g/mol. The Kier molecular flexibility index (Phi) is 4.55. The fourth-order valence-corrected chi connectivity index (χ4v) is 2.91. The highest BCUT2D eigenvalue weighted by molar-refractivity contribution is 6.39. The van der Waals surface area contributed by atoms with Crippen LogP contribution >= 0.6 is 23.2 Å². The van der Waals surface area contributed by atoms with E-state index in [0.717, 1.165) is 11.1 Å². The monoisotopic (exact) mass is 362 g/mol. The molecule has 7 heteroatoms. The number of halogens is 2. The van der Waals surface area contributed by atoms with Crippen molar-refractivity contribution in [3.05, 3.63) is 73.9 Å². The maximum Gasteiger partial charge on any atom is 0.269 e. The fourth-order valence-electron chi connectivity index (χ4n) is 2.34. The van der Waals surface area contributed by atoms with Gasteiger partial charge < -0.3 is 4.74 Å². The van der Waals surface area contributed by atoms with E-state index < -0.39 is 4.92 Å². The van der Waals surface area contributed by atoms with Crippen molar-refractivity contribution < 1.29 is 9.66 Å². The van der Waals surface area contributed by atoms with Crippen LogP contribution < -0.4 is 4.74 Å². The van der Waals surface area contributed by atoms with Crippen LogP contribution in [-0.2, 0) is 6.61 Å². The van der Waals surface area contributed by atoms with E-state index in [1.165, 1.54) is 12.1 Å². The van der Waals surface area contributed by atoms with Crippen LogP contribution in [0, 0.1) is 17.0 Å². The van der Waals surface area contributed by atoms with Gasteiger partial charge in [-0.2, -0.15) is 0 Å². The molecule has 0 atom stereocenters. The molecule has 0 bridgehead atoms. The third-order valence-electron chi connectivity index (χ3n) is 3.48. The maximum atomic E-state index is 10.9. The first-order chi connectivity index (χ1) is 11.5. The van der Waals surface area contributed by atoms with E-state index >= 15 is 0 Å². The molecule has 0 saturated heterocycles. The first kappa shape index (κ1) is 16.5. The fraction of sp³-hybridized carbons (Fsp3) is 0.118. The van der Waals surface area contributed by atoms with Crippen molar-refractivity contribution in [2.45, 2.75) is 13.5 Å². The summed E-state index contributed by atoms with van der Waals surface area (Å²) in [5.41, 5.74) is 2.05. The van der Waals surface area contributed by atoms with Crippen molar-refractivity contribution in [2.24, 2.45) is 0 Å². The Bertz CT molecular complexity index is 945. The van der Waals surface area contributed by atoms with Gasteiger partial charge in [0, 0.05) is 23.2 Å². The summed E-state index contributed by atoms with van der Waals surface area (Å²) in [5.74, 6) is 0.409. The Morgan fingerprint density at radius 1 is 1.17 bits per heavy atom. The van der Waals surface area contributed by atoms with Gasteiger partial charge in [-0.15, -0.1) is 0 Å². The summed E-state index contributed by atoms with van der Waals surface area (Å²) in [6.45, 7) is 1.99. The molecule has 0 radical (unpaired) electrons. The molecule has 0 amide bonds. The molecule has 0 spiro atoms. The van der Waals surface area contributed by atoms with Crippen molar-refractivity contribution in [3.8, 4) is 5.75 Å². The lowest BCUT2D eigenvalue weighted by atomic mass is 10.2. The van der Waals surface area contributed by atoms with Crippen molar-refractivity contribution in [1.82, 2.24) is 4.98 Å². The molecule has 0 fully saturated rings. The number of aryl methyl sites for hydroxylation is 1. The molecule has 0 unspecified atom stereocenters. The van der Waals surface area contributed by atoms with Gasteiger partial charge in [-0.1, -0.05) is 35.3 Å². The van der Waals surface area contributed by atoms with Gasteiger partial charge in [0.1, 0.15) is 12.1 Å². The summed E-state index contributed by atoms with van der Waals surface area (Å²) in [6, 6.07) is 11.6. The number of nitrogens with zero attached hydrogens (tertiary/aromatic N) is 2. The molecule has 5 nitrogen and oxygen atoms in total. The molecule has 0 N–H and O–H groups in total. The Hall–Kier alpha value is -2.37. The zero-order valence-corrected chi connectivity index (χ0v) is 14.1. The Labute approximate surface area is 147 Å². The number of hydrogen-bond donors (Lipinski definition) is 0. The van der Waals surface area contributed by atoms with Gasteiger partial charge in [-0.25, -0.2) is 4.98 Å². The molecule has 2 aromatic carbocycles. The van der Waals surface area contributed by atoms with E-state index in [9.17, 15) is 10.1 Å². The molecule has 0 aliphatic rings.